The molecule has 594 valence electrons. The van der Waals surface area contributed by atoms with E-state index in [4.69, 9.17) is 72.2 Å². The fourth-order valence-electron chi connectivity index (χ4n) is 12.4. The number of halogens is 6. The molecule has 0 spiro atoms. The highest BCUT2D eigenvalue weighted by atomic mass is 35.5. The molecule has 0 aliphatic heterocycles. The molecule has 12 rings (SSSR count). The molecule has 0 atom stereocenters. The molecule has 12 aromatic carbocycles. The number of methoxy groups -OCH3 is 3. The molecule has 0 amide bonds. The summed E-state index contributed by atoms with van der Waals surface area (Å²) in [6.07, 6.45) is 0. The van der Waals surface area contributed by atoms with Gasteiger partial charge in [0.15, 0.2) is 0 Å². The molecule has 12 aromatic rings. The van der Waals surface area contributed by atoms with Crippen molar-refractivity contribution in [2.75, 3.05) is 21.3 Å². The highest BCUT2D eigenvalue weighted by molar-refractivity contribution is 6.37. The van der Waals surface area contributed by atoms with Crippen LogP contribution in [-0.2, 0) is 21.7 Å². The first-order valence-electron chi connectivity index (χ1n) is 39.1. The molecule has 113 heavy (non-hydrogen) atoms. The minimum atomic E-state index is -0.282. The first-order valence-corrected chi connectivity index (χ1v) is 41.0. The summed E-state index contributed by atoms with van der Waals surface area (Å²) in [5.74, 6) is 4.26. The normalized spacial score (nSPS) is 11.4. The van der Waals surface area contributed by atoms with Crippen molar-refractivity contribution >= 4 is 58.0 Å². The Morgan fingerprint density at radius 2 is 0.619 bits per heavy atom. The van der Waals surface area contributed by atoms with Crippen LogP contribution >= 0.6 is 58.0 Å². The smallest absolute Gasteiger partial charge is 0.127 e. The zero-order chi connectivity index (χ0) is 83.4. The van der Waals surface area contributed by atoms with E-state index in [0.29, 0.717) is 44.5 Å². The Labute approximate surface area is 703 Å². The molecular weight excluding hydrogens is 1490 g/mol. The van der Waals surface area contributed by atoms with E-state index in [-0.39, 0.29) is 27.5 Å². The van der Waals surface area contributed by atoms with Crippen molar-refractivity contribution in [3.63, 3.8) is 0 Å². The van der Waals surface area contributed by atoms with E-state index in [1.54, 1.807) is 33.5 Å². The summed E-state index contributed by atoms with van der Waals surface area (Å²) in [6, 6.07) is 86.5. The first-order chi connectivity index (χ1) is 53.1. The molecule has 0 saturated heterocycles. The fourth-order valence-corrected chi connectivity index (χ4v) is 13.6. The third-order valence-corrected chi connectivity index (χ3v) is 21.3. The zero-order valence-corrected chi connectivity index (χ0v) is 74.8. The van der Waals surface area contributed by atoms with E-state index in [9.17, 15) is 4.39 Å². The van der Waals surface area contributed by atoms with Crippen molar-refractivity contribution in [1.29, 1.82) is 0 Å². The van der Waals surface area contributed by atoms with Crippen molar-refractivity contribution in [1.82, 2.24) is 0 Å². The second-order valence-corrected chi connectivity index (χ2v) is 36.3. The molecule has 0 saturated carbocycles. The van der Waals surface area contributed by atoms with Gasteiger partial charge in [0.1, 0.15) is 23.1 Å². The van der Waals surface area contributed by atoms with Crippen molar-refractivity contribution in [3.8, 4) is 84.0 Å². The Kier molecular flexibility index (Phi) is 33.3. The van der Waals surface area contributed by atoms with Crippen molar-refractivity contribution in [2.45, 2.75) is 191 Å². The minimum Gasteiger partial charge on any atom is -0.497 e. The van der Waals surface area contributed by atoms with E-state index < -0.39 is 0 Å². The fraction of sp³-hybridized carbons (Fsp3) is 0.308. The average Bonchev–Trinajstić information content (AvgIpc) is 0.810. The lowest BCUT2D eigenvalue weighted by atomic mass is 9.85. The number of ether oxygens (including phenoxy) is 3. The number of benzene rings is 12. The van der Waals surface area contributed by atoms with Crippen molar-refractivity contribution < 1.29 is 18.6 Å². The quantitative estimate of drug-likeness (QED) is 0.115. The monoisotopic (exact) mass is 1610 g/mol. The Hall–Kier alpha value is -8.58. The SMILES string of the molecule is CC(C)c1ccc(-c2cc(Cl)ccc2Cl)cc1.CC(C)c1ccc(-c2ccc(Cl)cc2Cl)cc1.CC(C)c1ccc(Cl)c(-c2cccc(C(C)(C)C)c2)c1.COc1cc(-c2cccc(C(C)(C)C)c2)ccc1C.COc1cc(C(C)C)ccc1-c1cccc(C(C)(C)C)c1.COc1cc(F)cc(-c2cccc(C(C)(C)C)c2)c1. The lowest BCUT2D eigenvalue weighted by molar-refractivity contribution is 0.411. The molecule has 0 aliphatic carbocycles. The molecule has 0 aliphatic rings. The van der Waals surface area contributed by atoms with Crippen LogP contribution in [0.2, 0.25) is 25.1 Å². The van der Waals surface area contributed by atoms with E-state index in [1.807, 2.05) is 48.5 Å². The second kappa shape index (κ2) is 41.1. The summed E-state index contributed by atoms with van der Waals surface area (Å²) >= 11 is 30.6. The first kappa shape index (κ1) is 91.6. The van der Waals surface area contributed by atoms with Gasteiger partial charge >= 0.3 is 0 Å². The van der Waals surface area contributed by atoms with Crippen LogP contribution in [0.25, 0.3) is 66.8 Å². The summed E-state index contributed by atoms with van der Waals surface area (Å²) < 4.78 is 29.7. The largest absolute Gasteiger partial charge is 0.497 e. The van der Waals surface area contributed by atoms with Gasteiger partial charge in [-0.3, -0.25) is 0 Å². The maximum atomic E-state index is 13.6. The molecular formula is C104H118Cl5FO3. The predicted octanol–water partition coefficient (Wildman–Crippen LogP) is 33.5. The lowest BCUT2D eigenvalue weighted by Crippen LogP contribution is -2.10. The van der Waals surface area contributed by atoms with Crippen LogP contribution in [-0.4, -0.2) is 21.3 Å². The van der Waals surface area contributed by atoms with Crippen LogP contribution in [0, 0.1) is 12.7 Å². The van der Waals surface area contributed by atoms with E-state index in [2.05, 4.69) is 327 Å². The van der Waals surface area contributed by atoms with Gasteiger partial charge in [0.05, 0.1) is 21.3 Å². The van der Waals surface area contributed by atoms with Crippen LogP contribution in [0.4, 0.5) is 4.39 Å². The van der Waals surface area contributed by atoms with Crippen LogP contribution < -0.4 is 14.2 Å². The van der Waals surface area contributed by atoms with Gasteiger partial charge in [-0.25, -0.2) is 4.39 Å². The molecule has 0 aromatic heterocycles. The molecule has 0 fully saturated rings. The zero-order valence-electron chi connectivity index (χ0n) is 71.1. The van der Waals surface area contributed by atoms with Gasteiger partial charge in [-0.1, -0.05) is 378 Å². The summed E-state index contributed by atoms with van der Waals surface area (Å²) in [4.78, 5) is 0. The Balaban J connectivity index is 0.000000188. The molecule has 9 heteroatoms. The number of hydrogen-bond acceptors (Lipinski definition) is 3. The third kappa shape index (κ3) is 27.0. The van der Waals surface area contributed by atoms with Gasteiger partial charge < -0.3 is 14.2 Å². The third-order valence-electron chi connectivity index (χ3n) is 19.9. The van der Waals surface area contributed by atoms with Gasteiger partial charge in [0, 0.05) is 53.4 Å². The van der Waals surface area contributed by atoms with Gasteiger partial charge in [-0.05, 0) is 214 Å². The van der Waals surface area contributed by atoms with Crippen LogP contribution in [0.15, 0.2) is 255 Å². The van der Waals surface area contributed by atoms with Crippen LogP contribution in [0.1, 0.15) is 212 Å². The molecule has 0 heterocycles. The highest BCUT2D eigenvalue weighted by Crippen LogP contribution is 2.40. The van der Waals surface area contributed by atoms with Crippen molar-refractivity contribution in [2.24, 2.45) is 0 Å². The highest BCUT2D eigenvalue weighted by Gasteiger charge is 2.20. The van der Waals surface area contributed by atoms with Gasteiger partial charge in [-0.2, -0.15) is 0 Å². The van der Waals surface area contributed by atoms with Gasteiger partial charge in [0.25, 0.3) is 0 Å². The summed E-state index contributed by atoms with van der Waals surface area (Å²) in [5, 5.41) is 3.61. The molecule has 0 radical (unpaired) electrons. The molecule has 0 N–H and O–H groups in total. The number of aryl methyl sites for hydroxylation is 1. The molecule has 0 bridgehead atoms. The number of rotatable bonds is 13. The maximum absolute atomic E-state index is 13.6. The maximum Gasteiger partial charge on any atom is 0.127 e. The van der Waals surface area contributed by atoms with E-state index in [1.165, 1.54) is 84.5 Å². The second-order valence-electron chi connectivity index (χ2n) is 34.2. The summed E-state index contributed by atoms with van der Waals surface area (Å²) in [7, 11) is 5.01. The molecule has 3 nitrogen and oxygen atoms in total. The molecule has 0 unspecified atom stereocenters. The average molecular weight is 1610 g/mol. The summed E-state index contributed by atoms with van der Waals surface area (Å²) in [5.41, 5.74) is 25.5. The topological polar surface area (TPSA) is 27.7 Å². The van der Waals surface area contributed by atoms with Gasteiger partial charge in [-0.15, -0.1) is 0 Å². The predicted molar refractivity (Wildman–Crippen MR) is 492 cm³/mol. The Morgan fingerprint density at radius 3 is 1.06 bits per heavy atom. The van der Waals surface area contributed by atoms with Gasteiger partial charge in [0.2, 0.25) is 0 Å². The minimum absolute atomic E-state index is 0.0768. The number of hydrogen-bond donors (Lipinski definition) is 0. The summed E-state index contributed by atoms with van der Waals surface area (Å²) in [6.45, 7) is 46.3. The Morgan fingerprint density at radius 1 is 0.265 bits per heavy atom. The van der Waals surface area contributed by atoms with Crippen LogP contribution in [0.3, 0.4) is 0 Å². The Bertz CT molecular complexity index is 5060. The van der Waals surface area contributed by atoms with Crippen molar-refractivity contribution in [3.05, 3.63) is 336 Å². The lowest BCUT2D eigenvalue weighted by Gasteiger charge is -2.20. The van der Waals surface area contributed by atoms with E-state index >= 15 is 0 Å². The van der Waals surface area contributed by atoms with Crippen LogP contribution in [0.5, 0.6) is 17.2 Å². The standard InChI is InChI=1S/C20H26O.C19H23Cl.C18H22O.C17H19FO.2C15H14Cl2/c1-14(2)15-10-11-18(19(13-15)21-6)16-8-7-9-17(12-16)20(3,4)5;1-13(2)14-9-10-18(20)17(12-14)15-7-6-8-16(11-15)19(3,4)5;1-13-9-10-15(12-17(13)19-5)14-7-6-8-16(11-14)18(2,3)4;1-17(2,3)14-7-5-6-12(8-14)13-9-15(18)11-16(10-13)19-4;1-10(2)11-3-5-12(6-4-11)14-9-13(16)7-8-15(14)17;1-10(2)11-3-5-12(6-4-11)14-8-7-13(16)9-15(14)17/h7-14H,1-6H3;6-13H,1-5H3;6-12H,1-5H3;5-11H,1-4H3;2*3-10H,1-2H3. The van der Waals surface area contributed by atoms with E-state index in [0.717, 1.165) is 66.1 Å².